The number of nitrogens with zero attached hydrogens (tertiary/aromatic N) is 2. The Hall–Kier alpha value is -2.83. The molecule has 3 aliphatic heterocycles. The van der Waals surface area contributed by atoms with Gasteiger partial charge in [0.1, 0.15) is 17.8 Å². The highest BCUT2D eigenvalue weighted by Crippen LogP contribution is 2.38. The van der Waals surface area contributed by atoms with E-state index in [1.807, 2.05) is 29.2 Å². The molecule has 226 valence electrons. The minimum absolute atomic E-state index is 0.0927. The van der Waals surface area contributed by atoms with Crippen LogP contribution in [0.2, 0.25) is 0 Å². The summed E-state index contributed by atoms with van der Waals surface area (Å²) in [6, 6.07) is 4.59. The number of hydrogen-bond acceptors (Lipinski definition) is 7. The van der Waals surface area contributed by atoms with Crippen molar-refractivity contribution in [3.8, 4) is 5.75 Å². The number of carbonyl (C=O) groups is 3. The standard InChI is InChI=1S/C29H41F2N5O5/c1-17(32-2)26(38)34-25(18-7-10-29(30,31)11-8-18)28(40)36-14-19-13-20(37)15-35(19)16-23(36)27(39)33-22-9-12-41-24-6-4-3-5-21(22)24/h3-6,17-20,22-23,25,32,37H,7-16H2,1-2H3,(H,33,39)(H,34,38)/t17-,19+,20+,22+,23-,25-/m0/s1. The molecule has 41 heavy (non-hydrogen) atoms. The Morgan fingerprint density at radius 3 is 2.56 bits per heavy atom. The number of rotatable bonds is 7. The van der Waals surface area contributed by atoms with Gasteiger partial charge in [-0.1, -0.05) is 18.2 Å². The van der Waals surface area contributed by atoms with Gasteiger partial charge < -0.3 is 30.7 Å². The molecule has 4 aliphatic rings. The number of piperazine rings is 1. The van der Waals surface area contributed by atoms with Crippen LogP contribution < -0.4 is 20.7 Å². The highest BCUT2D eigenvalue weighted by Gasteiger charge is 2.48. The number of halogens is 2. The van der Waals surface area contributed by atoms with Crippen molar-refractivity contribution in [1.82, 2.24) is 25.8 Å². The first-order valence-corrected chi connectivity index (χ1v) is 14.7. The van der Waals surface area contributed by atoms with Crippen LogP contribution >= 0.6 is 0 Å². The summed E-state index contributed by atoms with van der Waals surface area (Å²) in [5.41, 5.74) is 0.865. The van der Waals surface area contributed by atoms with E-state index in [4.69, 9.17) is 4.74 Å². The molecule has 12 heteroatoms. The number of ether oxygens (including phenoxy) is 1. The van der Waals surface area contributed by atoms with Crippen LogP contribution in [0.25, 0.3) is 0 Å². The average molecular weight is 578 g/mol. The average Bonchev–Trinajstić information content (AvgIpc) is 3.33. The van der Waals surface area contributed by atoms with Gasteiger partial charge in [0.25, 0.3) is 0 Å². The van der Waals surface area contributed by atoms with Crippen molar-refractivity contribution in [2.24, 2.45) is 5.92 Å². The minimum atomic E-state index is -2.79. The fourth-order valence-corrected chi connectivity index (χ4v) is 6.64. The molecule has 1 aromatic carbocycles. The Bertz CT molecular complexity index is 1130. The predicted octanol–water partition coefficient (Wildman–Crippen LogP) is 1.19. The van der Waals surface area contributed by atoms with Crippen molar-refractivity contribution >= 4 is 17.7 Å². The summed E-state index contributed by atoms with van der Waals surface area (Å²) < 4.78 is 33.8. The summed E-state index contributed by atoms with van der Waals surface area (Å²) in [6.07, 6.45) is -0.0393. The minimum Gasteiger partial charge on any atom is -0.493 e. The second-order valence-electron chi connectivity index (χ2n) is 11.9. The monoisotopic (exact) mass is 577 g/mol. The van der Waals surface area contributed by atoms with Gasteiger partial charge in [-0.2, -0.15) is 0 Å². The summed E-state index contributed by atoms with van der Waals surface area (Å²) in [5, 5.41) is 19.2. The van der Waals surface area contributed by atoms with Crippen LogP contribution in [0, 0.1) is 5.92 Å². The summed E-state index contributed by atoms with van der Waals surface area (Å²) >= 11 is 0. The normalized spacial score (nSPS) is 29.4. The van der Waals surface area contributed by atoms with E-state index in [1.165, 1.54) is 4.90 Å². The largest absolute Gasteiger partial charge is 0.493 e. The summed E-state index contributed by atoms with van der Waals surface area (Å²) in [6.45, 7) is 2.95. The molecule has 0 bridgehead atoms. The molecule has 0 radical (unpaired) electrons. The first-order chi connectivity index (χ1) is 19.6. The van der Waals surface area contributed by atoms with Crippen molar-refractivity contribution in [1.29, 1.82) is 0 Å². The maximum absolute atomic E-state index is 14.3. The topological polar surface area (TPSA) is 123 Å². The van der Waals surface area contributed by atoms with Crippen molar-refractivity contribution in [2.75, 3.05) is 33.3 Å². The van der Waals surface area contributed by atoms with Crippen LogP contribution in [0.1, 0.15) is 57.1 Å². The Kier molecular flexibility index (Phi) is 8.81. The van der Waals surface area contributed by atoms with Gasteiger partial charge in [-0.3, -0.25) is 19.3 Å². The second kappa shape index (κ2) is 12.2. The number of para-hydroxylation sites is 1. The quantitative estimate of drug-likeness (QED) is 0.384. The van der Waals surface area contributed by atoms with Crippen LogP contribution in [0.4, 0.5) is 8.78 Å². The van der Waals surface area contributed by atoms with Gasteiger partial charge in [0.05, 0.1) is 24.8 Å². The summed E-state index contributed by atoms with van der Waals surface area (Å²) in [4.78, 5) is 44.7. The number of aliphatic hydroxyl groups excluding tert-OH is 1. The summed E-state index contributed by atoms with van der Waals surface area (Å²) in [7, 11) is 1.63. The number of likely N-dealkylation sites (N-methyl/N-ethyl adjacent to an activating group) is 1. The maximum Gasteiger partial charge on any atom is 0.248 e. The SMILES string of the molecule is CN[C@@H](C)C(=O)N[C@H](C(=O)N1C[C@H]2C[C@@H](O)CN2C[C@H]1C(=O)N[C@@H]1CCOc2ccccc21)C1CCC(F)(F)CC1. The van der Waals surface area contributed by atoms with E-state index in [1.54, 1.807) is 14.0 Å². The highest BCUT2D eigenvalue weighted by molar-refractivity contribution is 5.93. The van der Waals surface area contributed by atoms with Crippen molar-refractivity contribution < 1.29 is 33.0 Å². The van der Waals surface area contributed by atoms with Gasteiger partial charge >= 0.3 is 0 Å². The molecule has 0 unspecified atom stereocenters. The van der Waals surface area contributed by atoms with Gasteiger partial charge in [-0.15, -0.1) is 0 Å². The zero-order chi connectivity index (χ0) is 29.3. The van der Waals surface area contributed by atoms with E-state index in [0.717, 1.165) is 5.56 Å². The predicted molar refractivity (Wildman–Crippen MR) is 146 cm³/mol. The van der Waals surface area contributed by atoms with Crippen molar-refractivity contribution in [3.05, 3.63) is 29.8 Å². The molecule has 1 aromatic rings. The molecule has 1 saturated carbocycles. The molecule has 1 aliphatic carbocycles. The lowest BCUT2D eigenvalue weighted by atomic mass is 9.81. The Labute approximate surface area is 239 Å². The molecule has 10 nitrogen and oxygen atoms in total. The third kappa shape index (κ3) is 6.49. The van der Waals surface area contributed by atoms with Gasteiger partial charge in [0.2, 0.25) is 23.6 Å². The lowest BCUT2D eigenvalue weighted by Gasteiger charge is -2.45. The van der Waals surface area contributed by atoms with Gasteiger partial charge in [0.15, 0.2) is 0 Å². The molecule has 3 amide bonds. The number of nitrogens with one attached hydrogen (secondary N) is 3. The van der Waals surface area contributed by atoms with Gasteiger partial charge in [-0.25, -0.2) is 8.78 Å². The fourth-order valence-electron chi connectivity index (χ4n) is 6.64. The molecule has 5 rings (SSSR count). The van der Waals surface area contributed by atoms with Crippen LogP contribution in [0.5, 0.6) is 5.75 Å². The Morgan fingerprint density at radius 2 is 1.83 bits per heavy atom. The van der Waals surface area contributed by atoms with E-state index in [2.05, 4.69) is 16.0 Å². The van der Waals surface area contributed by atoms with E-state index in [9.17, 15) is 28.3 Å². The van der Waals surface area contributed by atoms with Crippen molar-refractivity contribution in [2.45, 2.75) is 87.7 Å². The Morgan fingerprint density at radius 1 is 1.10 bits per heavy atom. The van der Waals surface area contributed by atoms with E-state index in [0.29, 0.717) is 31.7 Å². The lowest BCUT2D eigenvalue weighted by molar-refractivity contribution is -0.150. The number of amides is 3. The van der Waals surface area contributed by atoms with Gasteiger partial charge in [-0.05, 0) is 45.2 Å². The molecule has 2 saturated heterocycles. The maximum atomic E-state index is 14.3. The van der Waals surface area contributed by atoms with Crippen LogP contribution in [-0.2, 0) is 14.4 Å². The molecular weight excluding hydrogens is 536 g/mol. The number of benzene rings is 1. The molecule has 0 aromatic heterocycles. The molecule has 3 heterocycles. The van der Waals surface area contributed by atoms with Gasteiger partial charge in [0, 0.05) is 50.5 Å². The first kappa shape index (κ1) is 29.7. The zero-order valence-electron chi connectivity index (χ0n) is 23.7. The van der Waals surface area contributed by atoms with Crippen LogP contribution in [-0.4, -0.2) is 102 Å². The fraction of sp³-hybridized carbons (Fsp3) is 0.690. The van der Waals surface area contributed by atoms with Crippen LogP contribution in [0.3, 0.4) is 0 Å². The molecule has 6 atom stereocenters. The van der Waals surface area contributed by atoms with E-state index >= 15 is 0 Å². The second-order valence-corrected chi connectivity index (χ2v) is 11.9. The molecule has 0 spiro atoms. The third-order valence-corrected chi connectivity index (χ3v) is 9.18. The molecule has 4 N–H and O–H groups in total. The summed E-state index contributed by atoms with van der Waals surface area (Å²) in [5.74, 6) is -3.74. The van der Waals surface area contributed by atoms with E-state index in [-0.39, 0.29) is 56.8 Å². The first-order valence-electron chi connectivity index (χ1n) is 14.7. The van der Waals surface area contributed by atoms with Crippen LogP contribution in [0.15, 0.2) is 24.3 Å². The number of aliphatic hydroxyl groups is 1. The lowest BCUT2D eigenvalue weighted by Crippen LogP contribution is -2.66. The third-order valence-electron chi connectivity index (χ3n) is 9.18. The number of alkyl halides is 2. The number of hydrogen-bond donors (Lipinski definition) is 4. The smallest absolute Gasteiger partial charge is 0.248 e. The Balaban J connectivity index is 1.40. The zero-order valence-corrected chi connectivity index (χ0v) is 23.7. The number of fused-ring (bicyclic) bond motifs is 2. The number of carbonyl (C=O) groups excluding carboxylic acids is 3. The van der Waals surface area contributed by atoms with Crippen molar-refractivity contribution in [3.63, 3.8) is 0 Å². The highest BCUT2D eigenvalue weighted by atomic mass is 19.3. The molecule has 3 fully saturated rings. The molecular formula is C29H41F2N5O5. The van der Waals surface area contributed by atoms with E-state index < -0.39 is 47.9 Å².